The molecule has 0 saturated heterocycles. The summed E-state index contributed by atoms with van der Waals surface area (Å²) in [7, 11) is 0. The second-order valence-electron chi connectivity index (χ2n) is 8.95. The Kier molecular flexibility index (Phi) is 9.69. The number of phenols is 2. The van der Waals surface area contributed by atoms with Crippen LogP contribution < -0.4 is 0 Å². The Labute approximate surface area is 235 Å². The summed E-state index contributed by atoms with van der Waals surface area (Å²) in [5.41, 5.74) is 4.77. The molecule has 0 bridgehead atoms. The molecule has 4 aromatic rings. The molecule has 0 atom stereocenters. The predicted octanol–water partition coefficient (Wildman–Crippen LogP) is 7.26. The molecule has 0 aliphatic heterocycles. The molecule has 4 aromatic carbocycles. The molecule has 0 unspecified atom stereocenters. The van der Waals surface area contributed by atoms with Gasteiger partial charge in [-0.05, 0) is 95.8 Å². The molecule has 0 radical (unpaired) electrons. The van der Waals surface area contributed by atoms with Crippen molar-refractivity contribution in [2.24, 2.45) is 0 Å². The van der Waals surface area contributed by atoms with E-state index in [1.165, 1.54) is 36.4 Å². The van der Waals surface area contributed by atoms with Crippen LogP contribution in [0.15, 0.2) is 78.9 Å². The zero-order chi connectivity index (χ0) is 30.1. The topological polar surface area (TPSA) is 164 Å². The number of nitrogens with zero attached hydrogens (tertiary/aromatic N) is 2. The maximum absolute atomic E-state index is 10.9. The van der Waals surface area contributed by atoms with Crippen LogP contribution >= 0.6 is 0 Å². The van der Waals surface area contributed by atoms with E-state index in [0.29, 0.717) is 11.3 Å². The van der Waals surface area contributed by atoms with E-state index in [0.717, 1.165) is 27.8 Å². The molecule has 0 aromatic heterocycles. The molecule has 0 aliphatic rings. The van der Waals surface area contributed by atoms with Gasteiger partial charge in [-0.15, -0.1) is 0 Å². The molecule has 0 heterocycles. The van der Waals surface area contributed by atoms with Crippen molar-refractivity contribution in [1.29, 1.82) is 0 Å². The number of aromatic hydroxyl groups is 2. The highest BCUT2D eigenvalue weighted by molar-refractivity contribution is 5.91. The van der Waals surface area contributed by atoms with Crippen molar-refractivity contribution in [2.45, 2.75) is 13.8 Å². The molecule has 10 nitrogen and oxygen atoms in total. The van der Waals surface area contributed by atoms with Gasteiger partial charge in [0.05, 0.1) is 9.85 Å². The number of aromatic carboxylic acids is 1. The molecule has 4 rings (SSSR count). The highest BCUT2D eigenvalue weighted by Gasteiger charge is 2.09. The van der Waals surface area contributed by atoms with Gasteiger partial charge in [0.2, 0.25) is 0 Å². The average molecular weight is 555 g/mol. The normalized spacial score (nSPS) is 10.8. The number of hydrogen-bond acceptors (Lipinski definition) is 7. The SMILES string of the molecule is Cc1cc(C=Cc2ccc([N+](=O)[O-])cc2)cc(C)c1O.O=C(O)c1cc(C=Cc2ccc([N+](=O)[O-])cc2)ccc1O. The van der Waals surface area contributed by atoms with Gasteiger partial charge in [0.15, 0.2) is 0 Å². The quantitative estimate of drug-likeness (QED) is 0.122. The number of nitro groups is 2. The molecule has 41 heavy (non-hydrogen) atoms. The fourth-order valence-corrected chi connectivity index (χ4v) is 3.71. The third-order valence-electron chi connectivity index (χ3n) is 5.91. The fourth-order valence-electron chi connectivity index (χ4n) is 3.71. The molecule has 3 N–H and O–H groups in total. The summed E-state index contributed by atoms with van der Waals surface area (Å²) in [4.78, 5) is 31.1. The molecular formula is C31H26N2O8. The number of non-ortho nitro benzene ring substituents is 2. The largest absolute Gasteiger partial charge is 0.507 e. The van der Waals surface area contributed by atoms with Gasteiger partial charge in [0.1, 0.15) is 17.1 Å². The van der Waals surface area contributed by atoms with Crippen LogP contribution in [-0.2, 0) is 0 Å². The van der Waals surface area contributed by atoms with Crippen molar-refractivity contribution < 1.29 is 30.0 Å². The number of carbonyl (C=O) groups is 1. The number of benzene rings is 4. The Morgan fingerprint density at radius 2 is 1.02 bits per heavy atom. The summed E-state index contributed by atoms with van der Waals surface area (Å²) in [6.45, 7) is 3.71. The van der Waals surface area contributed by atoms with E-state index in [-0.39, 0.29) is 22.7 Å². The number of aryl methyl sites for hydroxylation is 2. The first kappa shape index (κ1) is 29.8. The monoisotopic (exact) mass is 554 g/mol. The van der Waals surface area contributed by atoms with E-state index >= 15 is 0 Å². The van der Waals surface area contributed by atoms with Crippen molar-refractivity contribution in [2.75, 3.05) is 0 Å². The Bertz CT molecular complexity index is 1620. The minimum atomic E-state index is -1.21. The first-order valence-electron chi connectivity index (χ1n) is 12.2. The van der Waals surface area contributed by atoms with E-state index in [1.54, 1.807) is 42.5 Å². The highest BCUT2D eigenvalue weighted by Crippen LogP contribution is 2.24. The third kappa shape index (κ3) is 8.36. The van der Waals surface area contributed by atoms with Gasteiger partial charge in [0, 0.05) is 24.3 Å². The van der Waals surface area contributed by atoms with Gasteiger partial charge in [-0.25, -0.2) is 4.79 Å². The zero-order valence-electron chi connectivity index (χ0n) is 22.1. The van der Waals surface area contributed by atoms with Crippen molar-refractivity contribution in [3.63, 3.8) is 0 Å². The Morgan fingerprint density at radius 3 is 1.44 bits per heavy atom. The number of carboxylic acid groups (broad SMARTS) is 1. The Morgan fingerprint density at radius 1 is 0.634 bits per heavy atom. The Hall–Kier alpha value is -5.77. The lowest BCUT2D eigenvalue weighted by Crippen LogP contribution is -1.96. The van der Waals surface area contributed by atoms with Gasteiger partial charge in [-0.3, -0.25) is 20.2 Å². The fraction of sp³-hybridized carbons (Fsp3) is 0.0645. The molecule has 208 valence electrons. The van der Waals surface area contributed by atoms with Crippen LogP contribution in [0.1, 0.15) is 43.7 Å². The second kappa shape index (κ2) is 13.3. The van der Waals surface area contributed by atoms with E-state index < -0.39 is 15.8 Å². The van der Waals surface area contributed by atoms with Gasteiger partial charge < -0.3 is 15.3 Å². The lowest BCUT2D eigenvalue weighted by atomic mass is 10.0. The van der Waals surface area contributed by atoms with Gasteiger partial charge in [-0.2, -0.15) is 0 Å². The standard InChI is InChI=1S/C16H15NO3.C15H11NO5/c1-11-9-14(10-12(2)16(11)18)4-3-13-5-7-15(8-6-13)17(19)20;17-14-8-5-11(9-13(14)15(18)19)2-1-10-3-6-12(7-4-10)16(20)21/h3-10,18H,1-2H3;1-9,17H,(H,18,19). The minimum Gasteiger partial charge on any atom is -0.507 e. The third-order valence-corrected chi connectivity index (χ3v) is 5.91. The minimum absolute atomic E-state index is 0.00458. The first-order valence-corrected chi connectivity index (χ1v) is 12.2. The molecule has 10 heteroatoms. The van der Waals surface area contributed by atoms with Crippen molar-refractivity contribution >= 4 is 41.6 Å². The van der Waals surface area contributed by atoms with Crippen LogP contribution in [0.4, 0.5) is 11.4 Å². The predicted molar refractivity (Wildman–Crippen MR) is 157 cm³/mol. The van der Waals surface area contributed by atoms with E-state index in [1.807, 2.05) is 38.1 Å². The molecular weight excluding hydrogens is 528 g/mol. The molecule has 0 aliphatic carbocycles. The van der Waals surface area contributed by atoms with Crippen LogP contribution in [0.25, 0.3) is 24.3 Å². The average Bonchev–Trinajstić information content (AvgIpc) is 2.95. The summed E-state index contributed by atoms with van der Waals surface area (Å²) in [6.07, 6.45) is 7.16. The summed E-state index contributed by atoms with van der Waals surface area (Å²) < 4.78 is 0. The number of rotatable bonds is 7. The lowest BCUT2D eigenvalue weighted by Gasteiger charge is -2.04. The van der Waals surface area contributed by atoms with Gasteiger partial charge >= 0.3 is 5.97 Å². The van der Waals surface area contributed by atoms with E-state index in [4.69, 9.17) is 5.11 Å². The zero-order valence-corrected chi connectivity index (χ0v) is 22.1. The van der Waals surface area contributed by atoms with E-state index in [2.05, 4.69) is 0 Å². The molecule has 0 spiro atoms. The van der Waals surface area contributed by atoms with E-state index in [9.17, 15) is 35.2 Å². The summed E-state index contributed by atoms with van der Waals surface area (Å²) in [6, 6.07) is 20.3. The summed E-state index contributed by atoms with van der Waals surface area (Å²) in [5, 5.41) is 49.1. The lowest BCUT2D eigenvalue weighted by molar-refractivity contribution is -0.385. The summed E-state index contributed by atoms with van der Waals surface area (Å²) in [5.74, 6) is -1.19. The molecule has 0 saturated carbocycles. The van der Waals surface area contributed by atoms with Crippen molar-refractivity contribution in [3.05, 3.63) is 138 Å². The maximum Gasteiger partial charge on any atom is 0.339 e. The molecule has 0 fully saturated rings. The highest BCUT2D eigenvalue weighted by atomic mass is 16.6. The van der Waals surface area contributed by atoms with Gasteiger partial charge in [0.25, 0.3) is 11.4 Å². The number of carboxylic acids is 1. The van der Waals surface area contributed by atoms with Crippen LogP contribution in [0.5, 0.6) is 11.5 Å². The van der Waals surface area contributed by atoms with Crippen molar-refractivity contribution in [1.82, 2.24) is 0 Å². The second-order valence-corrected chi connectivity index (χ2v) is 8.95. The van der Waals surface area contributed by atoms with Crippen LogP contribution in [0, 0.1) is 34.1 Å². The number of hydrogen-bond donors (Lipinski definition) is 3. The summed E-state index contributed by atoms with van der Waals surface area (Å²) >= 11 is 0. The van der Waals surface area contributed by atoms with Crippen LogP contribution in [0.3, 0.4) is 0 Å². The first-order chi connectivity index (χ1) is 19.4. The Balaban J connectivity index is 0.000000226. The van der Waals surface area contributed by atoms with Gasteiger partial charge in [-0.1, -0.05) is 30.4 Å². The maximum atomic E-state index is 10.9. The van der Waals surface area contributed by atoms with Crippen LogP contribution in [0.2, 0.25) is 0 Å². The van der Waals surface area contributed by atoms with Crippen LogP contribution in [-0.4, -0.2) is 31.1 Å². The molecule has 0 amide bonds. The van der Waals surface area contributed by atoms with Crippen molar-refractivity contribution in [3.8, 4) is 11.5 Å². The smallest absolute Gasteiger partial charge is 0.339 e. The number of phenolic OH excluding ortho intramolecular Hbond substituents is 1. The number of nitro benzene ring substituents is 2.